The highest BCUT2D eigenvalue weighted by atomic mass is 16.5. The summed E-state index contributed by atoms with van der Waals surface area (Å²) < 4.78 is 5.50. The van der Waals surface area contributed by atoms with Crippen molar-refractivity contribution in [1.82, 2.24) is 4.90 Å². The molecule has 0 aromatic carbocycles. The largest absolute Gasteiger partial charge is 0.478 e. The maximum Gasteiger partial charge on any atom is 0.354 e. The summed E-state index contributed by atoms with van der Waals surface area (Å²) in [6.07, 6.45) is 1.95. The zero-order valence-corrected chi connectivity index (χ0v) is 11.9. The Balaban J connectivity index is 2.90. The van der Waals surface area contributed by atoms with E-state index in [0.717, 1.165) is 19.3 Å². The molecule has 6 nitrogen and oxygen atoms in total. The molecule has 110 valence electrons. The molecule has 1 fully saturated rings. The van der Waals surface area contributed by atoms with E-state index in [2.05, 4.69) is 0 Å². The van der Waals surface area contributed by atoms with E-state index < -0.39 is 23.8 Å². The van der Waals surface area contributed by atoms with E-state index in [1.165, 1.54) is 4.90 Å². The number of carbonyl (C=O) groups is 2. The maximum absolute atomic E-state index is 12.2. The molecule has 0 spiro atoms. The number of nitrogens with zero attached hydrogens (tertiary/aromatic N) is 1. The summed E-state index contributed by atoms with van der Waals surface area (Å²) in [6.45, 7) is 5.66. The van der Waals surface area contributed by atoms with Crippen LogP contribution in [-0.2, 0) is 14.3 Å². The van der Waals surface area contributed by atoms with E-state index in [1.807, 2.05) is 0 Å². The van der Waals surface area contributed by atoms with Crippen LogP contribution in [0.3, 0.4) is 0 Å². The Labute approximate surface area is 113 Å². The van der Waals surface area contributed by atoms with Gasteiger partial charge in [-0.25, -0.2) is 4.79 Å². The first-order valence-electron chi connectivity index (χ1n) is 6.69. The third-order valence-electron chi connectivity index (χ3n) is 2.97. The third kappa shape index (κ3) is 4.80. The van der Waals surface area contributed by atoms with Crippen LogP contribution in [0.5, 0.6) is 0 Å². The number of nitrogens with two attached hydrogens (primary N) is 1. The fraction of sp³-hybridized carbons (Fsp3) is 0.846. The standard InChI is InChI=1S/C13H24N2O4/c1-13(2,3)19-11(12(17)18)15-8-6-4-5-7-9(14)10(15)16/h9,11H,4-8,14H2,1-3H3,(H,17,18). The minimum atomic E-state index is -1.27. The van der Waals surface area contributed by atoms with Crippen molar-refractivity contribution < 1.29 is 19.4 Å². The van der Waals surface area contributed by atoms with E-state index >= 15 is 0 Å². The fourth-order valence-electron chi connectivity index (χ4n) is 2.08. The first kappa shape index (κ1) is 15.9. The maximum atomic E-state index is 12.2. The Morgan fingerprint density at radius 2 is 2.05 bits per heavy atom. The number of hydrogen-bond donors (Lipinski definition) is 2. The van der Waals surface area contributed by atoms with Crippen molar-refractivity contribution in [3.8, 4) is 0 Å². The van der Waals surface area contributed by atoms with E-state index in [1.54, 1.807) is 20.8 Å². The lowest BCUT2D eigenvalue weighted by Gasteiger charge is -2.35. The fourth-order valence-corrected chi connectivity index (χ4v) is 2.08. The van der Waals surface area contributed by atoms with Gasteiger partial charge >= 0.3 is 5.97 Å². The molecule has 1 aliphatic heterocycles. The van der Waals surface area contributed by atoms with E-state index in [4.69, 9.17) is 10.5 Å². The number of carboxylic acids is 1. The number of rotatable bonds is 3. The van der Waals surface area contributed by atoms with Gasteiger partial charge in [-0.1, -0.05) is 12.8 Å². The van der Waals surface area contributed by atoms with Gasteiger partial charge in [-0.2, -0.15) is 0 Å². The number of ether oxygens (including phenoxy) is 1. The molecule has 0 aliphatic carbocycles. The van der Waals surface area contributed by atoms with Crippen LogP contribution in [0.4, 0.5) is 0 Å². The lowest BCUT2D eigenvalue weighted by Crippen LogP contribution is -2.55. The number of amides is 1. The summed E-state index contributed by atoms with van der Waals surface area (Å²) >= 11 is 0. The van der Waals surface area contributed by atoms with Gasteiger partial charge in [0.25, 0.3) is 0 Å². The second-order valence-corrected chi connectivity index (χ2v) is 5.91. The summed E-state index contributed by atoms with van der Waals surface area (Å²) in [5, 5.41) is 9.30. The molecule has 0 saturated carbocycles. The van der Waals surface area contributed by atoms with E-state index in [-0.39, 0.29) is 5.91 Å². The summed E-state index contributed by atoms with van der Waals surface area (Å²) in [7, 11) is 0. The molecule has 2 atom stereocenters. The van der Waals surface area contributed by atoms with Crippen molar-refractivity contribution in [3.63, 3.8) is 0 Å². The Kier molecular flexibility index (Phi) is 5.31. The quantitative estimate of drug-likeness (QED) is 0.797. The number of hydrogen-bond acceptors (Lipinski definition) is 4. The highest BCUT2D eigenvalue weighted by Crippen LogP contribution is 2.19. The van der Waals surface area contributed by atoms with E-state index in [0.29, 0.717) is 13.0 Å². The van der Waals surface area contributed by atoms with Crippen molar-refractivity contribution in [2.24, 2.45) is 5.73 Å². The molecule has 1 saturated heterocycles. The number of likely N-dealkylation sites (tertiary alicyclic amines) is 1. The van der Waals surface area contributed by atoms with Gasteiger partial charge in [0.1, 0.15) is 0 Å². The Hall–Kier alpha value is -1.14. The van der Waals surface area contributed by atoms with Crippen molar-refractivity contribution in [2.75, 3.05) is 6.54 Å². The van der Waals surface area contributed by atoms with Gasteiger partial charge in [0.05, 0.1) is 11.6 Å². The van der Waals surface area contributed by atoms with Crippen molar-refractivity contribution >= 4 is 11.9 Å². The molecule has 3 N–H and O–H groups in total. The van der Waals surface area contributed by atoms with Crippen LogP contribution >= 0.6 is 0 Å². The summed E-state index contributed by atoms with van der Waals surface area (Å²) in [5.74, 6) is -1.49. The van der Waals surface area contributed by atoms with Gasteiger partial charge in [0.2, 0.25) is 12.1 Å². The number of carboxylic acid groups (broad SMARTS) is 1. The van der Waals surface area contributed by atoms with Gasteiger partial charge in [0, 0.05) is 6.54 Å². The summed E-state index contributed by atoms with van der Waals surface area (Å²) in [6, 6.07) is -0.634. The molecular weight excluding hydrogens is 248 g/mol. The van der Waals surface area contributed by atoms with Gasteiger partial charge in [0.15, 0.2) is 0 Å². The Morgan fingerprint density at radius 3 is 2.58 bits per heavy atom. The van der Waals surface area contributed by atoms with Crippen LogP contribution in [0.2, 0.25) is 0 Å². The highest BCUT2D eigenvalue weighted by molar-refractivity contribution is 5.86. The van der Waals surface area contributed by atoms with Gasteiger partial charge in [-0.3, -0.25) is 4.79 Å². The van der Waals surface area contributed by atoms with Crippen LogP contribution in [0, 0.1) is 0 Å². The molecule has 2 unspecified atom stereocenters. The molecule has 0 aromatic rings. The van der Waals surface area contributed by atoms with Crippen molar-refractivity contribution in [2.45, 2.75) is 64.3 Å². The lowest BCUT2D eigenvalue weighted by molar-refractivity contribution is -0.188. The molecular formula is C13H24N2O4. The smallest absolute Gasteiger partial charge is 0.354 e. The van der Waals surface area contributed by atoms with Gasteiger partial charge in [-0.05, 0) is 33.6 Å². The minimum Gasteiger partial charge on any atom is -0.478 e. The average molecular weight is 272 g/mol. The molecule has 0 radical (unpaired) electrons. The summed E-state index contributed by atoms with van der Waals surface area (Å²) in [4.78, 5) is 24.8. The third-order valence-corrected chi connectivity index (χ3v) is 2.97. The molecule has 1 heterocycles. The molecule has 1 rings (SSSR count). The summed E-state index contributed by atoms with van der Waals surface area (Å²) in [5.41, 5.74) is 5.16. The molecule has 1 aliphatic rings. The molecule has 1 amide bonds. The second-order valence-electron chi connectivity index (χ2n) is 5.91. The van der Waals surface area contributed by atoms with Crippen LogP contribution in [0.1, 0.15) is 46.5 Å². The van der Waals surface area contributed by atoms with Crippen LogP contribution in [0.25, 0.3) is 0 Å². The second kappa shape index (κ2) is 6.34. The zero-order valence-electron chi connectivity index (χ0n) is 11.9. The van der Waals surface area contributed by atoms with Crippen LogP contribution in [-0.4, -0.2) is 46.3 Å². The van der Waals surface area contributed by atoms with E-state index in [9.17, 15) is 14.7 Å². The zero-order chi connectivity index (χ0) is 14.6. The highest BCUT2D eigenvalue weighted by Gasteiger charge is 2.36. The first-order valence-corrected chi connectivity index (χ1v) is 6.69. The SMILES string of the molecule is CC(C)(C)OC(C(=O)O)N1CCCCCC(N)C1=O. The van der Waals surface area contributed by atoms with Gasteiger partial charge < -0.3 is 20.5 Å². The predicted molar refractivity (Wildman–Crippen MR) is 70.4 cm³/mol. The van der Waals surface area contributed by atoms with Gasteiger partial charge in [-0.15, -0.1) is 0 Å². The number of carbonyl (C=O) groups excluding carboxylic acids is 1. The van der Waals surface area contributed by atoms with Crippen molar-refractivity contribution in [1.29, 1.82) is 0 Å². The Bertz CT molecular complexity index is 338. The molecule has 0 bridgehead atoms. The monoisotopic (exact) mass is 272 g/mol. The van der Waals surface area contributed by atoms with Crippen LogP contribution < -0.4 is 5.73 Å². The minimum absolute atomic E-state index is 0.337. The topological polar surface area (TPSA) is 92.9 Å². The molecule has 19 heavy (non-hydrogen) atoms. The van der Waals surface area contributed by atoms with Crippen LogP contribution in [0.15, 0.2) is 0 Å². The molecule has 6 heteroatoms. The lowest BCUT2D eigenvalue weighted by atomic mass is 10.0. The molecule has 0 aromatic heterocycles. The predicted octanol–water partition coefficient (Wildman–Crippen LogP) is 0.942. The average Bonchev–Trinajstić information content (AvgIpc) is 2.27. The Morgan fingerprint density at radius 1 is 1.42 bits per heavy atom. The number of aliphatic carboxylic acids is 1. The normalized spacial score (nSPS) is 23.7. The first-order chi connectivity index (χ1) is 8.72. The van der Waals surface area contributed by atoms with Crippen molar-refractivity contribution in [3.05, 3.63) is 0 Å².